The van der Waals surface area contributed by atoms with Crippen molar-refractivity contribution in [1.29, 1.82) is 0 Å². The van der Waals surface area contributed by atoms with Gasteiger partial charge in [-0.05, 0) is 12.1 Å². The molecular weight excluding hydrogens is 253 g/mol. The summed E-state index contributed by atoms with van der Waals surface area (Å²) in [6.07, 6.45) is 0.814. The van der Waals surface area contributed by atoms with Crippen LogP contribution in [0, 0.1) is 0 Å². The number of nitrogens with one attached hydrogen (secondary N) is 1. The Kier molecular flexibility index (Phi) is 3.32. The Morgan fingerprint density at radius 2 is 2.35 bits per heavy atom. The van der Waals surface area contributed by atoms with Crippen LogP contribution < -0.4 is 10.8 Å². The van der Waals surface area contributed by atoms with Gasteiger partial charge >= 0.3 is 5.97 Å². The number of aromatic nitrogens is 2. The Morgan fingerprint density at radius 1 is 1.50 bits per heavy atom. The van der Waals surface area contributed by atoms with Gasteiger partial charge in [0.1, 0.15) is 7.85 Å². The quantitative estimate of drug-likeness (QED) is 0.619. The number of rotatable bonds is 2. The summed E-state index contributed by atoms with van der Waals surface area (Å²) in [5.41, 5.74) is 3.84. The fourth-order valence-corrected chi connectivity index (χ4v) is 2.48. The Balaban J connectivity index is 2.16. The van der Waals surface area contributed by atoms with Crippen molar-refractivity contribution in [1.82, 2.24) is 15.1 Å². The lowest BCUT2D eigenvalue weighted by Crippen LogP contribution is -2.25. The molecule has 1 aromatic carbocycles. The maximum atomic E-state index is 11.8. The van der Waals surface area contributed by atoms with E-state index in [1.54, 1.807) is 4.68 Å². The van der Waals surface area contributed by atoms with E-state index in [9.17, 15) is 4.79 Å². The number of carbonyl (C=O) groups excluding carboxylic acids is 1. The van der Waals surface area contributed by atoms with E-state index in [1.165, 1.54) is 7.11 Å². The summed E-state index contributed by atoms with van der Waals surface area (Å²) < 4.78 is 6.60. The molecule has 0 unspecified atom stereocenters. The van der Waals surface area contributed by atoms with Crippen LogP contribution >= 0.6 is 0 Å². The molecule has 0 aliphatic carbocycles. The fraction of sp³-hybridized carbons (Fsp3) is 0.286. The van der Waals surface area contributed by atoms with E-state index < -0.39 is 5.97 Å². The third kappa shape index (κ3) is 2.12. The van der Waals surface area contributed by atoms with Gasteiger partial charge in [-0.1, -0.05) is 17.6 Å². The monoisotopic (exact) mass is 267 g/mol. The first-order valence-electron chi connectivity index (χ1n) is 6.46. The molecule has 1 aliphatic rings. The predicted octanol–water partition coefficient (Wildman–Crippen LogP) is 0.0984. The van der Waals surface area contributed by atoms with Gasteiger partial charge in [0.2, 0.25) is 0 Å². The summed E-state index contributed by atoms with van der Waals surface area (Å²) in [6, 6.07) is 7.46. The van der Waals surface area contributed by atoms with Crippen LogP contribution in [-0.4, -0.2) is 37.3 Å². The van der Waals surface area contributed by atoms with Gasteiger partial charge in [-0.3, -0.25) is 0 Å². The van der Waals surface area contributed by atoms with E-state index in [2.05, 4.69) is 10.4 Å². The van der Waals surface area contributed by atoms with E-state index in [-0.39, 0.29) is 0 Å². The highest BCUT2D eigenvalue weighted by atomic mass is 16.5. The maximum Gasteiger partial charge on any atom is 0.358 e. The Morgan fingerprint density at radius 3 is 3.10 bits per heavy atom. The number of ether oxygens (including phenoxy) is 1. The standard InChI is InChI=1S/C14H14BN3O2/c1-20-14(19)13-11-8-16-6-5-12(11)18(17-13)10-4-2-3-9(15)7-10/h2-4,7,16H,5-6,8H2,1H3. The van der Waals surface area contributed by atoms with Gasteiger partial charge in [-0.2, -0.15) is 5.10 Å². The zero-order valence-corrected chi connectivity index (χ0v) is 11.2. The van der Waals surface area contributed by atoms with Crippen LogP contribution in [0.3, 0.4) is 0 Å². The van der Waals surface area contributed by atoms with E-state index in [4.69, 9.17) is 12.6 Å². The summed E-state index contributed by atoms with van der Waals surface area (Å²) >= 11 is 0. The summed E-state index contributed by atoms with van der Waals surface area (Å²) in [5, 5.41) is 7.67. The number of fused-ring (bicyclic) bond motifs is 1. The van der Waals surface area contributed by atoms with Gasteiger partial charge in [0.15, 0.2) is 5.69 Å². The first kappa shape index (κ1) is 12.9. The minimum Gasteiger partial charge on any atom is -0.464 e. The average molecular weight is 267 g/mol. The van der Waals surface area contributed by atoms with Gasteiger partial charge in [0.05, 0.1) is 18.5 Å². The van der Waals surface area contributed by atoms with Crippen LogP contribution in [0.1, 0.15) is 21.7 Å². The summed E-state index contributed by atoms with van der Waals surface area (Å²) in [6.45, 7) is 1.49. The molecule has 1 aromatic heterocycles. The Bertz CT molecular complexity index is 666. The van der Waals surface area contributed by atoms with Crippen LogP contribution in [0.5, 0.6) is 0 Å². The van der Waals surface area contributed by atoms with Gasteiger partial charge in [0.25, 0.3) is 0 Å². The van der Waals surface area contributed by atoms with E-state index in [0.717, 1.165) is 29.9 Å². The molecule has 3 rings (SSSR count). The molecule has 0 spiro atoms. The van der Waals surface area contributed by atoms with Crippen LogP contribution in [0.25, 0.3) is 5.69 Å². The lowest BCUT2D eigenvalue weighted by Gasteiger charge is -2.15. The van der Waals surface area contributed by atoms with Crippen molar-refractivity contribution in [2.45, 2.75) is 13.0 Å². The van der Waals surface area contributed by atoms with Crippen molar-refractivity contribution in [2.24, 2.45) is 0 Å². The lowest BCUT2D eigenvalue weighted by molar-refractivity contribution is 0.0592. The second-order valence-corrected chi connectivity index (χ2v) is 4.70. The maximum absolute atomic E-state index is 11.8. The smallest absolute Gasteiger partial charge is 0.358 e. The average Bonchev–Trinajstić information content (AvgIpc) is 2.86. The molecule has 5 nitrogen and oxygen atoms in total. The molecule has 1 aliphatic heterocycles. The van der Waals surface area contributed by atoms with E-state index in [0.29, 0.717) is 17.7 Å². The molecule has 2 heterocycles. The minimum atomic E-state index is -0.410. The summed E-state index contributed by atoms with van der Waals surface area (Å²) in [4.78, 5) is 11.8. The molecule has 0 amide bonds. The highest BCUT2D eigenvalue weighted by Gasteiger charge is 2.25. The first-order chi connectivity index (χ1) is 9.70. The third-order valence-electron chi connectivity index (χ3n) is 3.42. The Labute approximate surface area is 118 Å². The van der Waals surface area contributed by atoms with Gasteiger partial charge in [-0.25, -0.2) is 9.48 Å². The normalized spacial score (nSPS) is 13.8. The molecule has 100 valence electrons. The van der Waals surface area contributed by atoms with Crippen LogP contribution in [0.4, 0.5) is 0 Å². The zero-order valence-electron chi connectivity index (χ0n) is 11.2. The largest absolute Gasteiger partial charge is 0.464 e. The molecule has 20 heavy (non-hydrogen) atoms. The number of hydrogen-bond donors (Lipinski definition) is 1. The van der Waals surface area contributed by atoms with Gasteiger partial charge in [-0.15, -0.1) is 0 Å². The second kappa shape index (κ2) is 5.13. The van der Waals surface area contributed by atoms with Crippen LogP contribution in [0.2, 0.25) is 0 Å². The number of benzene rings is 1. The second-order valence-electron chi connectivity index (χ2n) is 4.70. The van der Waals surface area contributed by atoms with Crippen molar-refractivity contribution in [3.05, 3.63) is 41.2 Å². The predicted molar refractivity (Wildman–Crippen MR) is 75.7 cm³/mol. The number of hydrogen-bond acceptors (Lipinski definition) is 4. The van der Waals surface area contributed by atoms with Gasteiger partial charge in [0, 0.05) is 25.1 Å². The number of carbonyl (C=O) groups is 1. The van der Waals surface area contributed by atoms with Gasteiger partial charge < -0.3 is 10.1 Å². The zero-order chi connectivity index (χ0) is 14.1. The Hall–Kier alpha value is -2.08. The number of nitrogens with zero attached hydrogens (tertiary/aromatic N) is 2. The first-order valence-corrected chi connectivity index (χ1v) is 6.46. The van der Waals surface area contributed by atoms with Crippen molar-refractivity contribution in [3.63, 3.8) is 0 Å². The van der Waals surface area contributed by atoms with Crippen molar-refractivity contribution < 1.29 is 9.53 Å². The molecule has 0 fully saturated rings. The SMILES string of the molecule is [B]c1cccc(-n2nc(C(=O)OC)c3c2CCNC3)c1. The topological polar surface area (TPSA) is 56.2 Å². The molecule has 6 heteroatoms. The number of esters is 1. The van der Waals surface area contributed by atoms with E-state index in [1.807, 2.05) is 24.3 Å². The van der Waals surface area contributed by atoms with E-state index >= 15 is 0 Å². The van der Waals surface area contributed by atoms with Crippen LogP contribution in [-0.2, 0) is 17.7 Å². The molecule has 0 bridgehead atoms. The summed E-state index contributed by atoms with van der Waals surface area (Å²) in [7, 11) is 7.19. The lowest BCUT2D eigenvalue weighted by atomic mass is 9.96. The number of methoxy groups -OCH3 is 1. The summed E-state index contributed by atoms with van der Waals surface area (Å²) in [5.74, 6) is -0.410. The molecule has 0 atom stereocenters. The van der Waals surface area contributed by atoms with Crippen LogP contribution in [0.15, 0.2) is 24.3 Å². The highest BCUT2D eigenvalue weighted by Crippen LogP contribution is 2.22. The molecule has 1 N–H and O–H groups in total. The van der Waals surface area contributed by atoms with Crippen molar-refractivity contribution in [2.75, 3.05) is 13.7 Å². The molecule has 0 saturated heterocycles. The molecule has 2 aromatic rings. The third-order valence-corrected chi connectivity index (χ3v) is 3.42. The molecular formula is C14H14BN3O2. The minimum absolute atomic E-state index is 0.372. The highest BCUT2D eigenvalue weighted by molar-refractivity contribution is 6.32. The van der Waals surface area contributed by atoms with Crippen molar-refractivity contribution in [3.8, 4) is 5.69 Å². The van der Waals surface area contributed by atoms with Crippen molar-refractivity contribution >= 4 is 19.3 Å². The molecule has 2 radical (unpaired) electrons. The fourth-order valence-electron chi connectivity index (χ4n) is 2.48. The molecule has 0 saturated carbocycles.